The van der Waals surface area contributed by atoms with Crippen molar-refractivity contribution in [2.24, 2.45) is 0 Å². The Hall–Kier alpha value is -2.66. The molecule has 1 fully saturated rings. The van der Waals surface area contributed by atoms with E-state index < -0.39 is 0 Å². The van der Waals surface area contributed by atoms with Gasteiger partial charge in [-0.3, -0.25) is 9.69 Å². The molecule has 2 aromatic carbocycles. The monoisotopic (exact) mass is 393 g/mol. The van der Waals surface area contributed by atoms with Gasteiger partial charge in [-0.05, 0) is 55.2 Å². The number of ether oxygens (including phenoxy) is 2. The van der Waals surface area contributed by atoms with E-state index in [9.17, 15) is 9.18 Å². The smallest absolute Gasteiger partial charge is 0.232 e. The van der Waals surface area contributed by atoms with E-state index in [-0.39, 0.29) is 17.4 Å². The lowest BCUT2D eigenvalue weighted by atomic mass is 9.93. The summed E-state index contributed by atoms with van der Waals surface area (Å²) in [5, 5.41) is 0. The SMILES string of the molecule is Cc1cc2c(c3c1C(=O)/C(=C/c1cccc(F)c1)O3)CN(C1CCCCC1)CO2. The van der Waals surface area contributed by atoms with Gasteiger partial charge in [-0.25, -0.2) is 4.39 Å². The molecule has 1 aliphatic carbocycles. The lowest BCUT2D eigenvalue weighted by Crippen LogP contribution is -2.41. The summed E-state index contributed by atoms with van der Waals surface area (Å²) >= 11 is 0. The van der Waals surface area contributed by atoms with Crippen molar-refractivity contribution < 1.29 is 18.7 Å². The predicted octanol–water partition coefficient (Wildman–Crippen LogP) is 5.23. The molecule has 0 saturated heterocycles. The van der Waals surface area contributed by atoms with E-state index in [1.165, 1.54) is 44.2 Å². The summed E-state index contributed by atoms with van der Waals surface area (Å²) in [6, 6.07) is 8.62. The van der Waals surface area contributed by atoms with Gasteiger partial charge in [0.15, 0.2) is 5.76 Å². The van der Waals surface area contributed by atoms with Gasteiger partial charge < -0.3 is 9.47 Å². The molecule has 0 atom stereocenters. The molecule has 0 aromatic heterocycles. The second kappa shape index (κ2) is 7.30. The Morgan fingerprint density at radius 2 is 2.00 bits per heavy atom. The normalized spacial score (nSPS) is 20.9. The number of carbonyl (C=O) groups excluding carboxylic acids is 1. The molecule has 3 aliphatic rings. The molecule has 0 amide bonds. The number of hydrogen-bond donors (Lipinski definition) is 0. The topological polar surface area (TPSA) is 38.8 Å². The number of benzene rings is 2. The summed E-state index contributed by atoms with van der Waals surface area (Å²) in [5.41, 5.74) is 2.99. The lowest BCUT2D eigenvalue weighted by molar-refractivity contribution is 0.0393. The predicted molar refractivity (Wildman–Crippen MR) is 108 cm³/mol. The van der Waals surface area contributed by atoms with Crippen molar-refractivity contribution in [3.63, 3.8) is 0 Å². The fourth-order valence-corrected chi connectivity index (χ4v) is 4.68. The molecule has 0 bridgehead atoms. The molecule has 0 N–H and O–H groups in total. The van der Waals surface area contributed by atoms with Crippen molar-refractivity contribution in [3.8, 4) is 11.5 Å². The summed E-state index contributed by atoms with van der Waals surface area (Å²) < 4.78 is 25.7. The maximum Gasteiger partial charge on any atom is 0.232 e. The van der Waals surface area contributed by atoms with Gasteiger partial charge in [0.2, 0.25) is 5.78 Å². The Morgan fingerprint density at radius 3 is 2.79 bits per heavy atom. The van der Waals surface area contributed by atoms with E-state index >= 15 is 0 Å². The molecular formula is C24H24FNO3. The molecule has 150 valence electrons. The fraction of sp³-hybridized carbons (Fsp3) is 0.375. The number of allylic oxidation sites excluding steroid dienone is 1. The molecule has 0 spiro atoms. The van der Waals surface area contributed by atoms with Gasteiger partial charge in [-0.15, -0.1) is 0 Å². The van der Waals surface area contributed by atoms with Crippen LogP contribution in [0.3, 0.4) is 0 Å². The number of nitrogens with zero attached hydrogens (tertiary/aromatic N) is 1. The lowest BCUT2D eigenvalue weighted by Gasteiger charge is -2.37. The van der Waals surface area contributed by atoms with Gasteiger partial charge in [-0.2, -0.15) is 0 Å². The van der Waals surface area contributed by atoms with Gasteiger partial charge in [0.1, 0.15) is 24.0 Å². The highest BCUT2D eigenvalue weighted by molar-refractivity contribution is 6.15. The zero-order chi connectivity index (χ0) is 20.0. The average molecular weight is 393 g/mol. The summed E-state index contributed by atoms with van der Waals surface area (Å²) in [7, 11) is 0. The van der Waals surface area contributed by atoms with Crippen molar-refractivity contribution in [1.29, 1.82) is 0 Å². The minimum Gasteiger partial charge on any atom is -0.478 e. The number of aryl methyl sites for hydroxylation is 1. The van der Waals surface area contributed by atoms with E-state index in [1.54, 1.807) is 18.2 Å². The summed E-state index contributed by atoms with van der Waals surface area (Å²) in [5.74, 6) is 1.14. The molecule has 5 rings (SSSR count). The van der Waals surface area contributed by atoms with Crippen LogP contribution in [-0.4, -0.2) is 23.5 Å². The Kier molecular flexibility index (Phi) is 4.63. The third-order valence-electron chi connectivity index (χ3n) is 6.19. The second-order valence-electron chi connectivity index (χ2n) is 8.18. The molecule has 1 saturated carbocycles. The van der Waals surface area contributed by atoms with Crippen molar-refractivity contribution in [1.82, 2.24) is 4.90 Å². The van der Waals surface area contributed by atoms with Crippen LogP contribution in [0.2, 0.25) is 0 Å². The number of Topliss-reactive ketones (excluding diaryl/α,β-unsaturated/α-hetero) is 1. The van der Waals surface area contributed by atoms with Crippen molar-refractivity contribution >= 4 is 11.9 Å². The second-order valence-corrected chi connectivity index (χ2v) is 8.18. The number of halogens is 1. The van der Waals surface area contributed by atoms with E-state index in [0.29, 0.717) is 29.6 Å². The van der Waals surface area contributed by atoms with Crippen molar-refractivity contribution in [2.75, 3.05) is 6.73 Å². The third kappa shape index (κ3) is 3.33. The molecule has 2 heterocycles. The van der Waals surface area contributed by atoms with E-state index in [2.05, 4.69) is 4.90 Å². The molecule has 2 aromatic rings. The van der Waals surface area contributed by atoms with Crippen molar-refractivity contribution in [2.45, 2.75) is 51.6 Å². The molecular weight excluding hydrogens is 369 g/mol. The highest BCUT2D eigenvalue weighted by Gasteiger charge is 2.36. The first-order valence-electron chi connectivity index (χ1n) is 10.3. The van der Waals surface area contributed by atoms with Crippen LogP contribution in [0.1, 0.15) is 59.2 Å². The van der Waals surface area contributed by atoms with Gasteiger partial charge in [-0.1, -0.05) is 31.4 Å². The first-order valence-corrected chi connectivity index (χ1v) is 10.3. The van der Waals surface area contributed by atoms with Gasteiger partial charge in [0.05, 0.1) is 11.1 Å². The highest BCUT2D eigenvalue weighted by atomic mass is 19.1. The first-order chi connectivity index (χ1) is 14.1. The molecule has 4 nitrogen and oxygen atoms in total. The molecule has 5 heteroatoms. The van der Waals surface area contributed by atoms with Crippen LogP contribution in [0, 0.1) is 12.7 Å². The third-order valence-corrected chi connectivity index (χ3v) is 6.19. The van der Waals surface area contributed by atoms with Gasteiger partial charge in [0.25, 0.3) is 0 Å². The van der Waals surface area contributed by atoms with Crippen LogP contribution in [-0.2, 0) is 6.54 Å². The number of fused-ring (bicyclic) bond motifs is 3. The number of rotatable bonds is 2. The summed E-state index contributed by atoms with van der Waals surface area (Å²) in [6.07, 6.45) is 7.82. The van der Waals surface area contributed by atoms with E-state index in [0.717, 1.165) is 23.4 Å². The zero-order valence-electron chi connectivity index (χ0n) is 16.5. The number of hydrogen-bond acceptors (Lipinski definition) is 4. The van der Waals surface area contributed by atoms with Crippen LogP contribution in [0.15, 0.2) is 36.1 Å². The Morgan fingerprint density at radius 1 is 1.17 bits per heavy atom. The van der Waals surface area contributed by atoms with E-state index in [1.807, 2.05) is 13.0 Å². The Balaban J connectivity index is 1.49. The average Bonchev–Trinajstić information content (AvgIpc) is 3.05. The molecule has 0 unspecified atom stereocenters. The highest BCUT2D eigenvalue weighted by Crippen LogP contribution is 2.44. The van der Waals surface area contributed by atoms with Crippen LogP contribution < -0.4 is 9.47 Å². The minimum absolute atomic E-state index is 0.153. The minimum atomic E-state index is -0.340. The van der Waals surface area contributed by atoms with E-state index in [4.69, 9.17) is 9.47 Å². The summed E-state index contributed by atoms with van der Waals surface area (Å²) in [4.78, 5) is 15.4. The maximum absolute atomic E-state index is 13.5. The van der Waals surface area contributed by atoms with Gasteiger partial charge >= 0.3 is 0 Å². The van der Waals surface area contributed by atoms with Crippen molar-refractivity contribution in [3.05, 3.63) is 64.2 Å². The van der Waals surface area contributed by atoms with Crippen LogP contribution >= 0.6 is 0 Å². The number of carbonyl (C=O) groups is 1. The van der Waals surface area contributed by atoms with Crippen LogP contribution in [0.25, 0.3) is 6.08 Å². The first kappa shape index (κ1) is 18.4. The molecule has 0 radical (unpaired) electrons. The maximum atomic E-state index is 13.5. The largest absolute Gasteiger partial charge is 0.478 e. The quantitative estimate of drug-likeness (QED) is 0.655. The van der Waals surface area contributed by atoms with Crippen LogP contribution in [0.4, 0.5) is 4.39 Å². The molecule has 2 aliphatic heterocycles. The Labute approximate surface area is 169 Å². The van der Waals surface area contributed by atoms with Gasteiger partial charge in [0, 0.05) is 12.6 Å². The fourth-order valence-electron chi connectivity index (χ4n) is 4.68. The van der Waals surface area contributed by atoms with Crippen LogP contribution in [0.5, 0.6) is 11.5 Å². The number of ketones is 1. The Bertz CT molecular complexity index is 1010. The summed E-state index contributed by atoms with van der Waals surface area (Å²) in [6.45, 7) is 3.21. The molecule has 29 heavy (non-hydrogen) atoms. The zero-order valence-corrected chi connectivity index (χ0v) is 16.5. The standard InChI is InChI=1S/C24H24FNO3/c1-15-10-20-19(13-26(14-28-20)18-8-3-2-4-9-18)24-22(15)23(27)21(29-24)12-16-6-5-7-17(25)11-16/h5-7,10-12,18H,2-4,8-9,13-14H2,1H3/b21-12-.